The molecule has 3 aromatic rings. The van der Waals surface area contributed by atoms with E-state index in [1.807, 2.05) is 84.9 Å². The van der Waals surface area contributed by atoms with Gasteiger partial charge >= 0.3 is 0 Å². The lowest BCUT2D eigenvalue weighted by molar-refractivity contribution is 0.0953. The van der Waals surface area contributed by atoms with E-state index in [4.69, 9.17) is 0 Å². The molecule has 0 saturated heterocycles. The Morgan fingerprint density at radius 2 is 1.17 bits per heavy atom. The lowest BCUT2D eigenvalue weighted by Crippen LogP contribution is -2.19. The summed E-state index contributed by atoms with van der Waals surface area (Å²) in [7, 11) is 0. The zero-order chi connectivity index (χ0) is 16.8. The van der Waals surface area contributed by atoms with Crippen LogP contribution in [0.5, 0.6) is 0 Å². The molecule has 0 amide bonds. The third-order valence-electron chi connectivity index (χ3n) is 4.30. The third-order valence-corrected chi connectivity index (χ3v) is 4.30. The number of benzene rings is 3. The first kappa shape index (κ1) is 15.9. The van der Waals surface area contributed by atoms with Crippen LogP contribution in [-0.4, -0.2) is 5.78 Å². The molecular weight excluding hydrogens is 292 g/mol. The van der Waals surface area contributed by atoms with Crippen LogP contribution in [0.1, 0.15) is 33.3 Å². The van der Waals surface area contributed by atoms with Crippen LogP contribution < -0.4 is 0 Å². The highest BCUT2D eigenvalue weighted by Gasteiger charge is 2.29. The second-order valence-electron chi connectivity index (χ2n) is 5.79. The Kier molecular flexibility index (Phi) is 5.02. The largest absolute Gasteiger partial charge is 0.293 e. The number of carbonyl (C=O) groups is 1. The number of hydrogen-bond acceptors (Lipinski definition) is 1. The Hall–Kier alpha value is -2.93. The van der Waals surface area contributed by atoms with Gasteiger partial charge in [0.1, 0.15) is 0 Å². The second-order valence-corrected chi connectivity index (χ2v) is 5.79. The lowest BCUT2D eigenvalue weighted by atomic mass is 9.77. The minimum atomic E-state index is -0.284. The van der Waals surface area contributed by atoms with E-state index in [0.717, 1.165) is 16.7 Å². The Balaban J connectivity index is 2.08. The van der Waals surface area contributed by atoms with Gasteiger partial charge in [-0.15, -0.1) is 6.58 Å². The van der Waals surface area contributed by atoms with E-state index < -0.39 is 0 Å². The van der Waals surface area contributed by atoms with Crippen LogP contribution in [0, 0.1) is 0 Å². The smallest absolute Gasteiger partial charge is 0.171 e. The van der Waals surface area contributed by atoms with Crippen molar-refractivity contribution in [1.29, 1.82) is 0 Å². The van der Waals surface area contributed by atoms with Gasteiger partial charge in [0.05, 0.1) is 5.92 Å². The van der Waals surface area contributed by atoms with Gasteiger partial charge in [0.2, 0.25) is 0 Å². The normalized spacial score (nSPS) is 13.0. The molecule has 1 heteroatoms. The van der Waals surface area contributed by atoms with Crippen LogP contribution in [0.4, 0.5) is 0 Å². The number of carbonyl (C=O) groups excluding carboxylic acids is 1. The molecule has 0 aliphatic rings. The van der Waals surface area contributed by atoms with Crippen LogP contribution in [0.25, 0.3) is 0 Å². The molecule has 0 aromatic heterocycles. The molecule has 0 spiro atoms. The van der Waals surface area contributed by atoms with Gasteiger partial charge in [-0.2, -0.15) is 0 Å². The second kappa shape index (κ2) is 7.56. The Labute approximate surface area is 143 Å². The lowest BCUT2D eigenvalue weighted by Gasteiger charge is -2.24. The molecule has 1 nitrogen and oxygen atoms in total. The molecule has 3 rings (SSSR count). The fourth-order valence-electron chi connectivity index (χ4n) is 3.10. The average Bonchev–Trinajstić information content (AvgIpc) is 2.67. The number of Topliss-reactive ketones (excluding diaryl/α,β-unsaturated/α-hetero) is 1. The van der Waals surface area contributed by atoms with E-state index in [2.05, 4.69) is 18.7 Å². The van der Waals surface area contributed by atoms with Crippen molar-refractivity contribution in [3.05, 3.63) is 120 Å². The topological polar surface area (TPSA) is 17.1 Å². The van der Waals surface area contributed by atoms with Gasteiger partial charge in [-0.3, -0.25) is 4.79 Å². The molecule has 2 unspecified atom stereocenters. The van der Waals surface area contributed by atoms with Crippen LogP contribution in [0.15, 0.2) is 104 Å². The number of hydrogen-bond donors (Lipinski definition) is 0. The Bertz CT molecular complexity index is 791. The highest BCUT2D eigenvalue weighted by Crippen LogP contribution is 2.36. The van der Waals surface area contributed by atoms with Gasteiger partial charge in [-0.05, 0) is 11.1 Å². The minimum Gasteiger partial charge on any atom is -0.293 e. The Morgan fingerprint density at radius 3 is 1.67 bits per heavy atom. The molecule has 0 bridgehead atoms. The van der Waals surface area contributed by atoms with Crippen molar-refractivity contribution < 1.29 is 4.79 Å². The molecule has 0 saturated carbocycles. The summed E-state index contributed by atoms with van der Waals surface area (Å²) in [6.07, 6.45) is 1.88. The summed E-state index contributed by atoms with van der Waals surface area (Å²) < 4.78 is 0. The fraction of sp³-hybridized carbons (Fsp3) is 0.0870. The highest BCUT2D eigenvalue weighted by molar-refractivity contribution is 6.01. The van der Waals surface area contributed by atoms with Crippen LogP contribution in [-0.2, 0) is 0 Å². The molecule has 0 aliphatic heterocycles. The van der Waals surface area contributed by atoms with E-state index in [-0.39, 0.29) is 17.6 Å². The predicted molar refractivity (Wildman–Crippen MR) is 99.3 cm³/mol. The predicted octanol–water partition coefficient (Wildman–Crippen LogP) is 5.62. The van der Waals surface area contributed by atoms with Crippen LogP contribution >= 0.6 is 0 Å². The molecule has 0 radical (unpaired) electrons. The van der Waals surface area contributed by atoms with E-state index in [0.29, 0.717) is 0 Å². The zero-order valence-electron chi connectivity index (χ0n) is 13.5. The molecule has 0 heterocycles. The van der Waals surface area contributed by atoms with Gasteiger partial charge in [0, 0.05) is 11.5 Å². The van der Waals surface area contributed by atoms with Gasteiger partial charge in [-0.1, -0.05) is 97.1 Å². The SMILES string of the molecule is C=CC(c1ccccc1)C(C(=O)c1ccccc1)c1ccccc1. The van der Waals surface area contributed by atoms with E-state index >= 15 is 0 Å². The van der Waals surface area contributed by atoms with E-state index in [1.54, 1.807) is 0 Å². The zero-order valence-corrected chi connectivity index (χ0v) is 13.5. The van der Waals surface area contributed by atoms with Crippen molar-refractivity contribution >= 4 is 5.78 Å². The maximum absolute atomic E-state index is 13.3. The molecule has 0 aliphatic carbocycles. The maximum Gasteiger partial charge on any atom is 0.171 e. The summed E-state index contributed by atoms with van der Waals surface area (Å²) in [5, 5.41) is 0. The van der Waals surface area contributed by atoms with Crippen LogP contribution in [0.2, 0.25) is 0 Å². The van der Waals surface area contributed by atoms with Gasteiger partial charge < -0.3 is 0 Å². The van der Waals surface area contributed by atoms with E-state index in [1.165, 1.54) is 0 Å². The van der Waals surface area contributed by atoms with Crippen molar-refractivity contribution in [1.82, 2.24) is 0 Å². The summed E-state index contributed by atoms with van der Waals surface area (Å²) >= 11 is 0. The summed E-state index contributed by atoms with van der Waals surface area (Å²) in [5.74, 6) is -0.231. The standard InChI is InChI=1S/C23H20O/c1-2-21(18-12-6-3-7-13-18)22(19-14-8-4-9-15-19)23(24)20-16-10-5-11-17-20/h2-17,21-22H,1H2. The molecule has 118 valence electrons. The third kappa shape index (κ3) is 3.36. The monoisotopic (exact) mass is 312 g/mol. The summed E-state index contributed by atoms with van der Waals surface area (Å²) in [4.78, 5) is 13.3. The van der Waals surface area contributed by atoms with Crippen molar-refractivity contribution in [2.24, 2.45) is 0 Å². The number of allylic oxidation sites excluding steroid dienone is 1. The highest BCUT2D eigenvalue weighted by atomic mass is 16.1. The molecule has 0 N–H and O–H groups in total. The van der Waals surface area contributed by atoms with Crippen molar-refractivity contribution in [3.8, 4) is 0 Å². The van der Waals surface area contributed by atoms with E-state index in [9.17, 15) is 4.79 Å². The summed E-state index contributed by atoms with van der Waals surface area (Å²) in [5.41, 5.74) is 2.85. The number of ketones is 1. The van der Waals surface area contributed by atoms with Crippen molar-refractivity contribution in [2.45, 2.75) is 11.8 Å². The van der Waals surface area contributed by atoms with Crippen molar-refractivity contribution in [2.75, 3.05) is 0 Å². The summed E-state index contributed by atoms with van der Waals surface area (Å²) in [6, 6.07) is 29.6. The first-order valence-corrected chi connectivity index (χ1v) is 8.13. The van der Waals surface area contributed by atoms with Gasteiger partial charge in [0.25, 0.3) is 0 Å². The fourth-order valence-corrected chi connectivity index (χ4v) is 3.10. The first-order chi connectivity index (χ1) is 11.8. The molecule has 3 aromatic carbocycles. The van der Waals surface area contributed by atoms with Gasteiger partial charge in [0.15, 0.2) is 5.78 Å². The number of rotatable bonds is 6. The van der Waals surface area contributed by atoms with Gasteiger partial charge in [-0.25, -0.2) is 0 Å². The quantitative estimate of drug-likeness (QED) is 0.426. The first-order valence-electron chi connectivity index (χ1n) is 8.13. The maximum atomic E-state index is 13.3. The molecule has 24 heavy (non-hydrogen) atoms. The average molecular weight is 312 g/mol. The minimum absolute atomic E-state index is 0.0682. The Morgan fingerprint density at radius 1 is 0.708 bits per heavy atom. The molecular formula is C23H20O. The molecule has 0 fully saturated rings. The summed E-state index contributed by atoms with van der Waals surface area (Å²) in [6.45, 7) is 4.01. The van der Waals surface area contributed by atoms with Crippen LogP contribution in [0.3, 0.4) is 0 Å². The van der Waals surface area contributed by atoms with Crippen molar-refractivity contribution in [3.63, 3.8) is 0 Å². The molecule has 2 atom stereocenters.